The van der Waals surface area contributed by atoms with Crippen LogP contribution in [0.25, 0.3) is 10.9 Å². The summed E-state index contributed by atoms with van der Waals surface area (Å²) in [5.41, 5.74) is 2.37. The first kappa shape index (κ1) is 29.0. The standard InChI is InChI=1S/C33H36FN3O5/c1-40-28-16-21(17-29(41-2)32(28)42-3)31(33(39)36-24-11-5-4-6-12-24)37(25-13-9-10-23(34)19-25)30(38)18-22-20-35-27-15-8-7-14-26(22)27/h7-10,13-17,19-20,24,31,35H,4-6,11-12,18H2,1-3H3,(H,36,39)/t31-/m0/s1. The fourth-order valence-corrected chi connectivity index (χ4v) is 5.79. The van der Waals surface area contributed by atoms with Crippen molar-refractivity contribution in [3.8, 4) is 17.2 Å². The Morgan fingerprint density at radius 3 is 2.33 bits per heavy atom. The third kappa shape index (κ3) is 6.05. The Labute approximate surface area is 244 Å². The number of nitrogens with zero attached hydrogens (tertiary/aromatic N) is 1. The molecule has 2 N–H and O–H groups in total. The topological polar surface area (TPSA) is 92.9 Å². The molecule has 0 radical (unpaired) electrons. The first-order valence-corrected chi connectivity index (χ1v) is 14.2. The molecule has 1 atom stereocenters. The van der Waals surface area contributed by atoms with E-state index in [9.17, 15) is 14.0 Å². The van der Waals surface area contributed by atoms with E-state index in [1.54, 1.807) is 24.4 Å². The van der Waals surface area contributed by atoms with E-state index in [0.717, 1.165) is 48.6 Å². The summed E-state index contributed by atoms with van der Waals surface area (Å²) in [6.07, 6.45) is 6.66. The molecular weight excluding hydrogens is 537 g/mol. The van der Waals surface area contributed by atoms with E-state index < -0.39 is 11.9 Å². The predicted octanol–water partition coefficient (Wildman–Crippen LogP) is 6.10. The van der Waals surface area contributed by atoms with Gasteiger partial charge in [0.2, 0.25) is 17.6 Å². The van der Waals surface area contributed by atoms with E-state index in [2.05, 4.69) is 10.3 Å². The maximum Gasteiger partial charge on any atom is 0.248 e. The largest absolute Gasteiger partial charge is 0.493 e. The lowest BCUT2D eigenvalue weighted by Crippen LogP contribution is -2.47. The summed E-state index contributed by atoms with van der Waals surface area (Å²) in [6.45, 7) is 0. The van der Waals surface area contributed by atoms with Crippen LogP contribution in [0.5, 0.6) is 17.2 Å². The van der Waals surface area contributed by atoms with Crippen LogP contribution in [0.3, 0.4) is 0 Å². The van der Waals surface area contributed by atoms with Crippen LogP contribution in [-0.2, 0) is 16.0 Å². The van der Waals surface area contributed by atoms with Gasteiger partial charge in [0.15, 0.2) is 11.5 Å². The number of benzene rings is 3. The average molecular weight is 574 g/mol. The first-order valence-electron chi connectivity index (χ1n) is 14.2. The van der Waals surface area contributed by atoms with Gasteiger partial charge in [-0.05, 0) is 60.4 Å². The highest BCUT2D eigenvalue weighted by atomic mass is 19.1. The number of carbonyl (C=O) groups excluding carboxylic acids is 2. The molecule has 3 aromatic carbocycles. The number of methoxy groups -OCH3 is 3. The number of fused-ring (bicyclic) bond motifs is 1. The van der Waals surface area contributed by atoms with Crippen LogP contribution in [0, 0.1) is 5.82 Å². The summed E-state index contributed by atoms with van der Waals surface area (Å²) < 4.78 is 31.3. The average Bonchev–Trinajstić information content (AvgIpc) is 3.41. The summed E-state index contributed by atoms with van der Waals surface area (Å²) in [5, 5.41) is 4.09. The second-order valence-electron chi connectivity index (χ2n) is 10.5. The minimum Gasteiger partial charge on any atom is -0.493 e. The van der Waals surface area contributed by atoms with Crippen LogP contribution in [0.2, 0.25) is 0 Å². The number of rotatable bonds is 10. The van der Waals surface area contributed by atoms with Gasteiger partial charge in [0.1, 0.15) is 11.9 Å². The molecule has 1 aromatic heterocycles. The van der Waals surface area contributed by atoms with E-state index >= 15 is 0 Å². The Hall–Kier alpha value is -4.53. The van der Waals surface area contributed by atoms with E-state index in [0.29, 0.717) is 22.8 Å². The van der Waals surface area contributed by atoms with E-state index in [4.69, 9.17) is 14.2 Å². The van der Waals surface area contributed by atoms with E-state index in [1.807, 2.05) is 24.3 Å². The van der Waals surface area contributed by atoms with Gasteiger partial charge in [-0.3, -0.25) is 14.5 Å². The molecule has 9 heteroatoms. The molecule has 220 valence electrons. The molecule has 4 aromatic rings. The van der Waals surface area contributed by atoms with Crippen molar-refractivity contribution in [2.45, 2.75) is 50.6 Å². The molecule has 1 heterocycles. The lowest BCUT2D eigenvalue weighted by molar-refractivity contribution is -0.127. The molecular formula is C33H36FN3O5. The molecule has 1 aliphatic carbocycles. The van der Waals surface area contributed by atoms with Crippen LogP contribution in [0.1, 0.15) is 49.3 Å². The summed E-state index contributed by atoms with van der Waals surface area (Å²) in [7, 11) is 4.48. The van der Waals surface area contributed by atoms with Gasteiger partial charge in [-0.25, -0.2) is 4.39 Å². The number of carbonyl (C=O) groups is 2. The summed E-state index contributed by atoms with van der Waals surface area (Å²) in [5.74, 6) is -0.224. The Morgan fingerprint density at radius 2 is 1.67 bits per heavy atom. The zero-order valence-corrected chi connectivity index (χ0v) is 24.1. The normalized spacial score (nSPS) is 14.3. The molecule has 1 saturated carbocycles. The van der Waals surface area contributed by atoms with Crippen molar-refractivity contribution in [1.29, 1.82) is 0 Å². The van der Waals surface area contributed by atoms with Crippen LogP contribution in [0.15, 0.2) is 66.9 Å². The molecule has 1 aliphatic rings. The molecule has 0 spiro atoms. The van der Waals surface area contributed by atoms with Crippen molar-refractivity contribution in [2.24, 2.45) is 0 Å². The Balaban J connectivity index is 1.64. The molecule has 0 aliphatic heterocycles. The lowest BCUT2D eigenvalue weighted by Gasteiger charge is -2.34. The minimum absolute atomic E-state index is 0.0157. The van der Waals surface area contributed by atoms with Crippen LogP contribution >= 0.6 is 0 Å². The summed E-state index contributed by atoms with van der Waals surface area (Å²) in [6, 6.07) is 15.6. The fraction of sp³-hybridized carbons (Fsp3) is 0.333. The van der Waals surface area contributed by atoms with Gasteiger partial charge < -0.3 is 24.5 Å². The highest BCUT2D eigenvalue weighted by molar-refractivity contribution is 6.03. The van der Waals surface area contributed by atoms with Gasteiger partial charge in [-0.15, -0.1) is 0 Å². The molecule has 0 saturated heterocycles. The van der Waals surface area contributed by atoms with Crippen molar-refractivity contribution in [1.82, 2.24) is 10.3 Å². The highest BCUT2D eigenvalue weighted by Crippen LogP contribution is 2.42. The summed E-state index contributed by atoms with van der Waals surface area (Å²) >= 11 is 0. The first-order chi connectivity index (χ1) is 20.4. The number of nitrogens with one attached hydrogen (secondary N) is 2. The van der Waals surface area contributed by atoms with E-state index in [1.165, 1.54) is 44.4 Å². The van der Waals surface area contributed by atoms with Crippen LogP contribution in [0.4, 0.5) is 10.1 Å². The van der Waals surface area contributed by atoms with Gasteiger partial charge in [0, 0.05) is 28.8 Å². The van der Waals surface area contributed by atoms with Crippen molar-refractivity contribution < 1.29 is 28.2 Å². The zero-order valence-electron chi connectivity index (χ0n) is 24.1. The highest BCUT2D eigenvalue weighted by Gasteiger charge is 2.36. The number of ether oxygens (including phenoxy) is 3. The van der Waals surface area contributed by atoms with Crippen molar-refractivity contribution in [3.63, 3.8) is 0 Å². The number of para-hydroxylation sites is 1. The van der Waals surface area contributed by atoms with E-state index in [-0.39, 0.29) is 30.0 Å². The number of hydrogen-bond acceptors (Lipinski definition) is 5. The second kappa shape index (κ2) is 13.0. The van der Waals surface area contributed by atoms with Gasteiger partial charge in [-0.1, -0.05) is 43.5 Å². The maximum atomic E-state index is 14.7. The Bertz CT molecular complexity index is 1540. The van der Waals surface area contributed by atoms with Crippen molar-refractivity contribution in [2.75, 3.05) is 26.2 Å². The van der Waals surface area contributed by atoms with Crippen LogP contribution in [-0.4, -0.2) is 44.2 Å². The van der Waals surface area contributed by atoms with Crippen LogP contribution < -0.4 is 24.4 Å². The molecule has 5 rings (SSSR count). The monoisotopic (exact) mass is 573 g/mol. The number of H-pyrrole nitrogens is 1. The number of anilines is 1. The molecule has 0 unspecified atom stereocenters. The maximum absolute atomic E-state index is 14.7. The number of aromatic nitrogens is 1. The zero-order chi connectivity index (χ0) is 29.6. The van der Waals surface area contributed by atoms with Crippen molar-refractivity contribution in [3.05, 3.63) is 83.8 Å². The third-order valence-electron chi connectivity index (χ3n) is 7.83. The number of halogens is 1. The predicted molar refractivity (Wildman–Crippen MR) is 160 cm³/mol. The fourth-order valence-electron chi connectivity index (χ4n) is 5.79. The SMILES string of the molecule is COc1cc([C@@H](C(=O)NC2CCCCC2)N(C(=O)Cc2c[nH]c3ccccc23)c2cccc(F)c2)cc(OC)c1OC. The second-order valence-corrected chi connectivity index (χ2v) is 10.5. The molecule has 2 amide bonds. The Morgan fingerprint density at radius 1 is 0.952 bits per heavy atom. The van der Waals surface area contributed by atoms with Gasteiger partial charge in [0.25, 0.3) is 0 Å². The Kier molecular flexibility index (Phi) is 8.95. The molecule has 1 fully saturated rings. The number of aromatic amines is 1. The quantitative estimate of drug-likeness (QED) is 0.239. The molecule has 8 nitrogen and oxygen atoms in total. The minimum atomic E-state index is -1.15. The number of amides is 2. The summed E-state index contributed by atoms with van der Waals surface area (Å²) in [4.78, 5) is 33.2. The molecule has 42 heavy (non-hydrogen) atoms. The smallest absolute Gasteiger partial charge is 0.248 e. The lowest BCUT2D eigenvalue weighted by atomic mass is 9.94. The number of hydrogen-bond donors (Lipinski definition) is 2. The van der Waals surface area contributed by atoms with Gasteiger partial charge >= 0.3 is 0 Å². The third-order valence-corrected chi connectivity index (χ3v) is 7.83. The van der Waals surface area contributed by atoms with Crippen molar-refractivity contribution >= 4 is 28.4 Å². The van der Waals surface area contributed by atoms with Gasteiger partial charge in [0.05, 0.1) is 27.8 Å². The molecule has 0 bridgehead atoms. The van der Waals surface area contributed by atoms with Gasteiger partial charge in [-0.2, -0.15) is 0 Å².